The number of nitrogens with one attached hydrogen (secondary N) is 1. The van der Waals surface area contributed by atoms with E-state index < -0.39 is 0 Å². The average Bonchev–Trinajstić information content (AvgIpc) is 2.85. The molecule has 100 valence electrons. The molecule has 0 aromatic heterocycles. The first kappa shape index (κ1) is 13.7. The highest BCUT2D eigenvalue weighted by atomic mass is 32.2. The topological polar surface area (TPSA) is 15.3 Å². The van der Waals surface area contributed by atoms with E-state index in [2.05, 4.69) is 35.2 Å². The zero-order valence-electron chi connectivity index (χ0n) is 11.5. The largest absolute Gasteiger partial charge is 0.317 e. The van der Waals surface area contributed by atoms with Crippen molar-refractivity contribution in [1.82, 2.24) is 10.2 Å². The Morgan fingerprint density at radius 1 is 1.29 bits per heavy atom. The van der Waals surface area contributed by atoms with Crippen LogP contribution in [0.4, 0.5) is 0 Å². The molecule has 3 heteroatoms. The summed E-state index contributed by atoms with van der Waals surface area (Å²) in [4.78, 5) is 2.78. The molecule has 1 aliphatic heterocycles. The van der Waals surface area contributed by atoms with E-state index in [0.717, 1.165) is 23.8 Å². The molecule has 1 saturated heterocycles. The Bertz CT molecular complexity index is 222. The summed E-state index contributed by atoms with van der Waals surface area (Å²) in [5.74, 6) is 0.907. The normalized spacial score (nSPS) is 35.3. The highest BCUT2D eigenvalue weighted by Crippen LogP contribution is 2.32. The van der Waals surface area contributed by atoms with Crippen LogP contribution in [-0.2, 0) is 0 Å². The summed E-state index contributed by atoms with van der Waals surface area (Å²) in [7, 11) is 0. The third kappa shape index (κ3) is 3.87. The highest BCUT2D eigenvalue weighted by Gasteiger charge is 2.31. The molecule has 2 rings (SSSR count). The second-order valence-corrected chi connectivity index (χ2v) is 6.77. The van der Waals surface area contributed by atoms with Crippen LogP contribution >= 0.6 is 11.8 Å². The maximum Gasteiger partial charge on any atom is 0.0106 e. The Morgan fingerprint density at radius 2 is 2.18 bits per heavy atom. The molecule has 2 aliphatic rings. The zero-order valence-corrected chi connectivity index (χ0v) is 12.3. The molecule has 2 fully saturated rings. The summed E-state index contributed by atoms with van der Waals surface area (Å²) in [6, 6.07) is 0.896. The van der Waals surface area contributed by atoms with Gasteiger partial charge in [0.2, 0.25) is 0 Å². The summed E-state index contributed by atoms with van der Waals surface area (Å²) < 4.78 is 0. The minimum absolute atomic E-state index is 0.896. The third-order valence-corrected chi connectivity index (χ3v) is 5.54. The predicted molar refractivity (Wildman–Crippen MR) is 77.8 cm³/mol. The Labute approximate surface area is 111 Å². The molecule has 0 radical (unpaired) electrons. The van der Waals surface area contributed by atoms with Gasteiger partial charge in [0.15, 0.2) is 0 Å². The van der Waals surface area contributed by atoms with Gasteiger partial charge in [0.05, 0.1) is 0 Å². The first-order chi connectivity index (χ1) is 8.33. The van der Waals surface area contributed by atoms with E-state index in [9.17, 15) is 0 Å². The molecule has 0 spiro atoms. The minimum Gasteiger partial charge on any atom is -0.317 e. The van der Waals surface area contributed by atoms with Crippen molar-refractivity contribution < 1.29 is 0 Å². The van der Waals surface area contributed by atoms with Crippen LogP contribution in [0.3, 0.4) is 0 Å². The molecule has 0 aromatic carbocycles. The molecular formula is C14H28N2S. The van der Waals surface area contributed by atoms with Gasteiger partial charge in [-0.2, -0.15) is 11.8 Å². The molecule has 3 unspecified atom stereocenters. The van der Waals surface area contributed by atoms with Crippen LogP contribution in [0, 0.1) is 5.92 Å². The highest BCUT2D eigenvalue weighted by molar-refractivity contribution is 7.99. The monoisotopic (exact) mass is 256 g/mol. The van der Waals surface area contributed by atoms with Gasteiger partial charge in [0, 0.05) is 17.8 Å². The van der Waals surface area contributed by atoms with E-state index in [4.69, 9.17) is 0 Å². The fourth-order valence-corrected chi connectivity index (χ4v) is 4.19. The Hall–Kier alpha value is 0.270. The summed E-state index contributed by atoms with van der Waals surface area (Å²) in [5.41, 5.74) is 0. The number of hydrogen-bond acceptors (Lipinski definition) is 3. The lowest BCUT2D eigenvalue weighted by molar-refractivity contribution is 0.188. The molecule has 1 saturated carbocycles. The molecule has 3 atom stereocenters. The average molecular weight is 256 g/mol. The number of rotatable bonds is 5. The fourth-order valence-electron chi connectivity index (χ4n) is 3.38. The van der Waals surface area contributed by atoms with E-state index in [1.807, 2.05) is 0 Å². The van der Waals surface area contributed by atoms with Gasteiger partial charge in [-0.1, -0.05) is 13.3 Å². The first-order valence-corrected chi connectivity index (χ1v) is 8.59. The van der Waals surface area contributed by atoms with Gasteiger partial charge in [0.1, 0.15) is 0 Å². The van der Waals surface area contributed by atoms with Gasteiger partial charge in [-0.05, 0) is 57.5 Å². The van der Waals surface area contributed by atoms with Gasteiger partial charge in [-0.3, -0.25) is 0 Å². The molecule has 0 bridgehead atoms. The third-order valence-electron chi connectivity index (χ3n) is 4.45. The quantitative estimate of drug-likeness (QED) is 0.814. The van der Waals surface area contributed by atoms with Crippen LogP contribution in [-0.4, -0.2) is 48.6 Å². The standard InChI is InChI=1S/C14H28N2S/c1-3-15-10-12-7-8-16(11-12)13-5-4-6-14(9-13)17-2/h12-15H,3-11H2,1-2H3. The summed E-state index contributed by atoms with van der Waals surface area (Å²) in [5, 5.41) is 4.43. The van der Waals surface area contributed by atoms with Crippen LogP contribution in [0.1, 0.15) is 39.0 Å². The molecule has 2 nitrogen and oxygen atoms in total. The summed E-state index contributed by atoms with van der Waals surface area (Å²) in [6.07, 6.45) is 9.48. The Kier molecular flexibility index (Phi) is 5.64. The second kappa shape index (κ2) is 7.01. The van der Waals surface area contributed by atoms with Crippen molar-refractivity contribution in [1.29, 1.82) is 0 Å². The van der Waals surface area contributed by atoms with E-state index >= 15 is 0 Å². The maximum atomic E-state index is 3.50. The van der Waals surface area contributed by atoms with Crippen molar-refractivity contribution in [3.8, 4) is 0 Å². The predicted octanol–water partition coefficient (Wildman–Crippen LogP) is 2.59. The van der Waals surface area contributed by atoms with Crippen LogP contribution in [0.15, 0.2) is 0 Å². The lowest BCUT2D eigenvalue weighted by atomic mass is 9.94. The molecule has 0 aromatic rings. The van der Waals surface area contributed by atoms with Crippen molar-refractivity contribution in [2.75, 3.05) is 32.4 Å². The molecule has 17 heavy (non-hydrogen) atoms. The van der Waals surface area contributed by atoms with Crippen LogP contribution in [0.5, 0.6) is 0 Å². The van der Waals surface area contributed by atoms with Gasteiger partial charge in [0.25, 0.3) is 0 Å². The SMILES string of the molecule is CCNCC1CCN(C2CCCC(SC)C2)C1. The van der Waals surface area contributed by atoms with Crippen molar-refractivity contribution in [3.05, 3.63) is 0 Å². The first-order valence-electron chi connectivity index (χ1n) is 7.31. The number of nitrogens with zero attached hydrogens (tertiary/aromatic N) is 1. The van der Waals surface area contributed by atoms with E-state index in [-0.39, 0.29) is 0 Å². The number of likely N-dealkylation sites (tertiary alicyclic amines) is 1. The van der Waals surface area contributed by atoms with Gasteiger partial charge in [-0.15, -0.1) is 0 Å². The molecule has 1 aliphatic carbocycles. The smallest absolute Gasteiger partial charge is 0.0106 e. The van der Waals surface area contributed by atoms with Gasteiger partial charge in [-0.25, -0.2) is 0 Å². The zero-order chi connectivity index (χ0) is 12.1. The van der Waals surface area contributed by atoms with Crippen molar-refractivity contribution in [3.63, 3.8) is 0 Å². The summed E-state index contributed by atoms with van der Waals surface area (Å²) in [6.45, 7) is 7.25. The van der Waals surface area contributed by atoms with Crippen molar-refractivity contribution in [2.24, 2.45) is 5.92 Å². The Balaban J connectivity index is 1.75. The molecule has 1 heterocycles. The van der Waals surface area contributed by atoms with E-state index in [1.54, 1.807) is 0 Å². The van der Waals surface area contributed by atoms with Crippen molar-refractivity contribution >= 4 is 11.8 Å². The lowest BCUT2D eigenvalue weighted by Gasteiger charge is -2.34. The fraction of sp³-hybridized carbons (Fsp3) is 1.00. The van der Waals surface area contributed by atoms with Crippen LogP contribution in [0.25, 0.3) is 0 Å². The maximum absolute atomic E-state index is 3.50. The van der Waals surface area contributed by atoms with Crippen LogP contribution in [0.2, 0.25) is 0 Å². The molecule has 0 amide bonds. The van der Waals surface area contributed by atoms with Crippen molar-refractivity contribution in [2.45, 2.75) is 50.3 Å². The second-order valence-electron chi connectivity index (χ2n) is 5.64. The van der Waals surface area contributed by atoms with Gasteiger partial charge >= 0.3 is 0 Å². The minimum atomic E-state index is 0.896. The lowest BCUT2D eigenvalue weighted by Crippen LogP contribution is -2.38. The Morgan fingerprint density at radius 3 is 2.94 bits per heavy atom. The van der Waals surface area contributed by atoms with E-state index in [1.165, 1.54) is 51.7 Å². The van der Waals surface area contributed by atoms with E-state index in [0.29, 0.717) is 0 Å². The van der Waals surface area contributed by atoms with Crippen LogP contribution < -0.4 is 5.32 Å². The summed E-state index contributed by atoms with van der Waals surface area (Å²) >= 11 is 2.08. The number of thioether (sulfide) groups is 1. The molecule has 1 N–H and O–H groups in total. The molecular weight excluding hydrogens is 228 g/mol. The number of hydrogen-bond donors (Lipinski definition) is 1. The van der Waals surface area contributed by atoms with Gasteiger partial charge < -0.3 is 10.2 Å².